The standard InChI is InChI=1S/C23H37N5O2/c1-5-24-23(26(4)18-21(29)27(6-2)7-3)25-17-19-11-13-20(14-12-19)22(30)28-15-9-8-10-16-28/h11-14H,5-10,15-18H2,1-4H3,(H,24,25). The van der Waals surface area contributed by atoms with Crippen LogP contribution in [0.4, 0.5) is 0 Å². The molecule has 1 aromatic carbocycles. The average Bonchev–Trinajstić information content (AvgIpc) is 2.77. The van der Waals surface area contributed by atoms with Crippen molar-refractivity contribution in [1.29, 1.82) is 0 Å². The lowest BCUT2D eigenvalue weighted by atomic mass is 10.1. The number of likely N-dealkylation sites (N-methyl/N-ethyl adjacent to an activating group) is 2. The Labute approximate surface area is 181 Å². The first-order valence-corrected chi connectivity index (χ1v) is 11.2. The molecule has 0 aliphatic carbocycles. The van der Waals surface area contributed by atoms with Gasteiger partial charge in [-0.15, -0.1) is 0 Å². The van der Waals surface area contributed by atoms with Crippen LogP contribution in [0.1, 0.15) is 56.0 Å². The van der Waals surface area contributed by atoms with Crippen molar-refractivity contribution in [2.75, 3.05) is 46.3 Å². The Kier molecular flexibility index (Phi) is 9.64. The zero-order valence-electron chi connectivity index (χ0n) is 19.0. The van der Waals surface area contributed by atoms with Crippen molar-refractivity contribution in [1.82, 2.24) is 20.0 Å². The molecule has 1 aromatic rings. The van der Waals surface area contributed by atoms with Crippen molar-refractivity contribution in [3.8, 4) is 0 Å². The average molecular weight is 416 g/mol. The number of nitrogens with zero attached hydrogens (tertiary/aromatic N) is 4. The molecule has 1 fully saturated rings. The lowest BCUT2D eigenvalue weighted by Crippen LogP contribution is -2.45. The Bertz CT molecular complexity index is 707. The number of piperidine rings is 1. The van der Waals surface area contributed by atoms with Crippen LogP contribution in [0.3, 0.4) is 0 Å². The van der Waals surface area contributed by atoms with Gasteiger partial charge >= 0.3 is 0 Å². The summed E-state index contributed by atoms with van der Waals surface area (Å²) in [5.74, 6) is 0.910. The molecule has 0 atom stereocenters. The van der Waals surface area contributed by atoms with Crippen LogP contribution in [0.15, 0.2) is 29.3 Å². The maximum atomic E-state index is 12.6. The van der Waals surface area contributed by atoms with Gasteiger partial charge in [0.2, 0.25) is 5.91 Å². The first kappa shape index (κ1) is 23.7. The fraction of sp³-hybridized carbons (Fsp3) is 0.609. The molecule has 1 aliphatic heterocycles. The van der Waals surface area contributed by atoms with Crippen molar-refractivity contribution in [2.45, 2.75) is 46.6 Å². The summed E-state index contributed by atoms with van der Waals surface area (Å²) in [6, 6.07) is 7.71. The molecule has 7 nitrogen and oxygen atoms in total. The first-order chi connectivity index (χ1) is 14.5. The molecule has 1 aliphatic rings. The van der Waals surface area contributed by atoms with Gasteiger partial charge in [0.25, 0.3) is 5.91 Å². The van der Waals surface area contributed by atoms with E-state index in [4.69, 9.17) is 0 Å². The quantitative estimate of drug-likeness (QED) is 0.523. The predicted octanol–water partition coefficient (Wildman–Crippen LogP) is 2.58. The second-order valence-electron chi connectivity index (χ2n) is 7.64. The number of aliphatic imine (C=N–C) groups is 1. The van der Waals surface area contributed by atoms with Gasteiger partial charge in [0.1, 0.15) is 0 Å². The van der Waals surface area contributed by atoms with E-state index in [-0.39, 0.29) is 18.4 Å². The Hall–Kier alpha value is -2.57. The summed E-state index contributed by atoms with van der Waals surface area (Å²) in [5.41, 5.74) is 1.77. The van der Waals surface area contributed by atoms with Crippen LogP contribution in [0.2, 0.25) is 0 Å². The highest BCUT2D eigenvalue weighted by molar-refractivity contribution is 5.94. The number of amides is 2. The summed E-state index contributed by atoms with van der Waals surface area (Å²) in [5, 5.41) is 3.25. The van der Waals surface area contributed by atoms with Crippen LogP contribution in [0.25, 0.3) is 0 Å². The molecule has 30 heavy (non-hydrogen) atoms. The fourth-order valence-corrected chi connectivity index (χ4v) is 3.62. The van der Waals surface area contributed by atoms with E-state index in [2.05, 4.69) is 10.3 Å². The van der Waals surface area contributed by atoms with E-state index in [0.717, 1.165) is 43.6 Å². The third-order valence-corrected chi connectivity index (χ3v) is 5.44. The number of hydrogen-bond acceptors (Lipinski definition) is 3. The van der Waals surface area contributed by atoms with Gasteiger partial charge in [-0.1, -0.05) is 12.1 Å². The number of likely N-dealkylation sites (tertiary alicyclic amines) is 1. The minimum atomic E-state index is 0.0914. The van der Waals surface area contributed by atoms with Crippen molar-refractivity contribution in [3.63, 3.8) is 0 Å². The molecular weight excluding hydrogens is 378 g/mol. The number of nitrogens with one attached hydrogen (secondary N) is 1. The molecule has 166 valence electrons. The van der Waals surface area contributed by atoms with Gasteiger partial charge in [-0.2, -0.15) is 0 Å². The van der Waals surface area contributed by atoms with Crippen molar-refractivity contribution in [2.24, 2.45) is 4.99 Å². The summed E-state index contributed by atoms with van der Waals surface area (Å²) in [4.78, 5) is 35.3. The van der Waals surface area contributed by atoms with Gasteiger partial charge < -0.3 is 20.0 Å². The summed E-state index contributed by atoms with van der Waals surface area (Å²) < 4.78 is 0. The molecule has 2 rings (SSSR count). The van der Waals surface area contributed by atoms with Crippen LogP contribution in [-0.4, -0.2) is 78.8 Å². The van der Waals surface area contributed by atoms with E-state index < -0.39 is 0 Å². The van der Waals surface area contributed by atoms with Gasteiger partial charge in [0, 0.05) is 45.3 Å². The largest absolute Gasteiger partial charge is 0.357 e. The number of rotatable bonds is 8. The molecule has 0 unspecified atom stereocenters. The summed E-state index contributed by atoms with van der Waals surface area (Å²) in [6.45, 7) is 10.6. The summed E-state index contributed by atoms with van der Waals surface area (Å²) in [7, 11) is 1.88. The molecule has 1 N–H and O–H groups in total. The second-order valence-corrected chi connectivity index (χ2v) is 7.64. The van der Waals surface area contributed by atoms with Crippen molar-refractivity contribution < 1.29 is 9.59 Å². The van der Waals surface area contributed by atoms with E-state index in [1.54, 1.807) is 0 Å². The molecule has 0 bridgehead atoms. The maximum absolute atomic E-state index is 12.6. The van der Waals surface area contributed by atoms with E-state index in [1.807, 2.05) is 66.8 Å². The molecular formula is C23H37N5O2. The van der Waals surface area contributed by atoms with Gasteiger partial charge in [-0.05, 0) is 57.7 Å². The SMILES string of the molecule is CCNC(=NCc1ccc(C(=O)N2CCCCC2)cc1)N(C)CC(=O)N(CC)CC. The van der Waals surface area contributed by atoms with Gasteiger partial charge in [-0.25, -0.2) is 4.99 Å². The third-order valence-electron chi connectivity index (χ3n) is 5.44. The van der Waals surface area contributed by atoms with E-state index in [9.17, 15) is 9.59 Å². The number of benzene rings is 1. The molecule has 7 heteroatoms. The van der Waals surface area contributed by atoms with Crippen LogP contribution < -0.4 is 5.32 Å². The minimum Gasteiger partial charge on any atom is -0.357 e. The third kappa shape index (κ3) is 6.75. The van der Waals surface area contributed by atoms with E-state index in [1.165, 1.54) is 6.42 Å². The highest BCUT2D eigenvalue weighted by Crippen LogP contribution is 2.14. The molecule has 2 amide bonds. The second kappa shape index (κ2) is 12.2. The Morgan fingerprint density at radius 3 is 2.23 bits per heavy atom. The fourth-order valence-electron chi connectivity index (χ4n) is 3.62. The highest BCUT2D eigenvalue weighted by atomic mass is 16.2. The van der Waals surface area contributed by atoms with Crippen LogP contribution in [-0.2, 0) is 11.3 Å². The molecule has 0 spiro atoms. The lowest BCUT2D eigenvalue weighted by molar-refractivity contribution is -0.131. The van der Waals surface area contributed by atoms with E-state index in [0.29, 0.717) is 25.6 Å². The van der Waals surface area contributed by atoms with Crippen LogP contribution in [0.5, 0.6) is 0 Å². The lowest BCUT2D eigenvalue weighted by Gasteiger charge is -2.26. The van der Waals surface area contributed by atoms with Gasteiger partial charge in [0.05, 0.1) is 13.1 Å². The molecule has 1 saturated heterocycles. The summed E-state index contributed by atoms with van der Waals surface area (Å²) >= 11 is 0. The monoisotopic (exact) mass is 415 g/mol. The van der Waals surface area contributed by atoms with Crippen molar-refractivity contribution >= 4 is 17.8 Å². The number of carbonyl (C=O) groups excluding carboxylic acids is 2. The molecule has 0 radical (unpaired) electrons. The first-order valence-electron chi connectivity index (χ1n) is 11.2. The minimum absolute atomic E-state index is 0.0914. The van der Waals surface area contributed by atoms with Gasteiger partial charge in [0.15, 0.2) is 5.96 Å². The van der Waals surface area contributed by atoms with Crippen LogP contribution in [0, 0.1) is 0 Å². The normalized spacial score (nSPS) is 14.4. The van der Waals surface area contributed by atoms with E-state index >= 15 is 0 Å². The number of guanidine groups is 1. The Morgan fingerprint density at radius 1 is 1.03 bits per heavy atom. The molecule has 0 saturated carbocycles. The zero-order chi connectivity index (χ0) is 21.9. The van der Waals surface area contributed by atoms with Gasteiger partial charge in [-0.3, -0.25) is 9.59 Å². The maximum Gasteiger partial charge on any atom is 0.253 e. The topological polar surface area (TPSA) is 68.2 Å². The zero-order valence-corrected chi connectivity index (χ0v) is 19.0. The molecule has 0 aromatic heterocycles. The van der Waals surface area contributed by atoms with Crippen molar-refractivity contribution in [3.05, 3.63) is 35.4 Å². The Morgan fingerprint density at radius 2 is 1.67 bits per heavy atom. The highest BCUT2D eigenvalue weighted by Gasteiger charge is 2.18. The predicted molar refractivity (Wildman–Crippen MR) is 122 cm³/mol. The van der Waals surface area contributed by atoms with Crippen LogP contribution >= 0.6 is 0 Å². The molecule has 1 heterocycles. The summed E-state index contributed by atoms with van der Waals surface area (Å²) in [6.07, 6.45) is 3.40. The smallest absolute Gasteiger partial charge is 0.253 e. The number of hydrogen-bond donors (Lipinski definition) is 1. The number of carbonyl (C=O) groups is 2. The Balaban J connectivity index is 1.99.